The second-order valence-electron chi connectivity index (χ2n) is 6.81. The van der Waals surface area contributed by atoms with Gasteiger partial charge in [0.15, 0.2) is 0 Å². The molecular formula is C29H27NSe2. The monoisotopic (exact) mass is 549 g/mol. The average Bonchev–Trinajstić information content (AvgIpc) is 2.89. The Labute approximate surface area is 204 Å². The van der Waals surface area contributed by atoms with Crippen LogP contribution in [0, 0.1) is 11.8 Å². The zero-order valence-electron chi connectivity index (χ0n) is 18.6. The summed E-state index contributed by atoms with van der Waals surface area (Å²) in [5.41, 5.74) is 11.9. The van der Waals surface area contributed by atoms with Gasteiger partial charge in [-0.05, 0) is 7.05 Å². The first-order valence-corrected chi connectivity index (χ1v) is 15.5. The van der Waals surface area contributed by atoms with E-state index in [1.807, 2.05) is 0 Å². The number of hydrogen-bond acceptors (Lipinski definition) is 1. The summed E-state index contributed by atoms with van der Waals surface area (Å²) in [6, 6.07) is 34.5. The van der Waals surface area contributed by atoms with E-state index in [-0.39, 0.29) is 0 Å². The van der Waals surface area contributed by atoms with Crippen LogP contribution in [0.3, 0.4) is 0 Å². The fourth-order valence-electron chi connectivity index (χ4n) is 3.34. The van der Waals surface area contributed by atoms with Gasteiger partial charge in [-0.2, -0.15) is 0 Å². The van der Waals surface area contributed by atoms with Crippen LogP contribution < -0.4 is 14.7 Å². The fourth-order valence-corrected chi connectivity index (χ4v) is 5.79. The molecule has 0 aliphatic heterocycles. The molecule has 0 aliphatic carbocycles. The second-order valence-corrected chi connectivity index (χ2v) is 10.4. The fraction of sp³-hybridized carbons (Fsp3) is 0.103. The van der Waals surface area contributed by atoms with E-state index in [1.165, 1.54) is 38.2 Å². The zero-order chi connectivity index (χ0) is 22.8. The summed E-state index contributed by atoms with van der Waals surface area (Å²) >= 11 is 0.785. The van der Waals surface area contributed by atoms with Gasteiger partial charge in [0.2, 0.25) is 0 Å². The van der Waals surface area contributed by atoms with E-state index in [9.17, 15) is 0 Å². The predicted octanol–water partition coefficient (Wildman–Crippen LogP) is 4.75. The molecule has 4 aromatic rings. The van der Waals surface area contributed by atoms with Crippen molar-refractivity contribution in [1.82, 2.24) is 0 Å². The molecule has 0 amide bonds. The van der Waals surface area contributed by atoms with Gasteiger partial charge < -0.3 is 5.73 Å². The van der Waals surface area contributed by atoms with Crippen molar-refractivity contribution in [3.8, 4) is 34.1 Å². The van der Waals surface area contributed by atoms with E-state index < -0.39 is 0 Å². The van der Waals surface area contributed by atoms with Crippen LogP contribution in [-0.2, 0) is 0 Å². The number of rotatable bonds is 4. The number of benzene rings is 4. The van der Waals surface area contributed by atoms with E-state index in [1.54, 1.807) is 0 Å². The van der Waals surface area contributed by atoms with Crippen molar-refractivity contribution in [1.29, 1.82) is 0 Å². The van der Waals surface area contributed by atoms with Crippen LogP contribution in [0.4, 0.5) is 0 Å². The van der Waals surface area contributed by atoms with E-state index in [0.29, 0.717) is 29.9 Å². The molecule has 0 radical (unpaired) electrons. The molecule has 4 aromatic carbocycles. The molecule has 2 N–H and O–H groups in total. The van der Waals surface area contributed by atoms with Gasteiger partial charge >= 0.3 is 193 Å². The van der Waals surface area contributed by atoms with Crippen molar-refractivity contribution >= 4 is 38.8 Å². The van der Waals surface area contributed by atoms with Crippen LogP contribution in [0.5, 0.6) is 0 Å². The van der Waals surface area contributed by atoms with Crippen molar-refractivity contribution in [2.45, 2.75) is 11.6 Å². The number of nitrogens with two attached hydrogens (primary N) is 1. The summed E-state index contributed by atoms with van der Waals surface area (Å²) in [5.74, 6) is 11.5. The first-order valence-electron chi connectivity index (χ1n) is 10.3. The third-order valence-electron chi connectivity index (χ3n) is 4.95. The molecule has 0 aromatic heterocycles. The van der Waals surface area contributed by atoms with E-state index in [4.69, 9.17) is 0 Å². The third kappa shape index (κ3) is 6.02. The van der Waals surface area contributed by atoms with Gasteiger partial charge in [-0.3, -0.25) is 0 Å². The van der Waals surface area contributed by atoms with Gasteiger partial charge in [0.25, 0.3) is 0 Å². The van der Waals surface area contributed by atoms with Gasteiger partial charge in [-0.1, -0.05) is 0 Å². The Morgan fingerprint density at radius 1 is 0.500 bits per heavy atom. The average molecular weight is 547 g/mol. The topological polar surface area (TPSA) is 26.0 Å². The molecule has 0 spiro atoms. The standard InChI is InChI=1S/C28H22Se2.CH5N/c1-29-27-19-25(21-9-5-3-6-10-21)17-15-23(27)13-14-24-16-18-26(20-28(24)30-2)22-11-7-4-8-12-22;1-2/h3-12,15-20H,1-2H3;2H2,1H3. The molecule has 160 valence electrons. The minimum absolute atomic E-state index is 0.392. The van der Waals surface area contributed by atoms with Crippen LogP contribution in [0.1, 0.15) is 11.1 Å². The van der Waals surface area contributed by atoms with Crippen molar-refractivity contribution in [2.24, 2.45) is 5.73 Å². The molecule has 0 heterocycles. The Balaban J connectivity index is 0.00000141. The zero-order valence-corrected chi connectivity index (χ0v) is 22.1. The van der Waals surface area contributed by atoms with Crippen LogP contribution in [0.2, 0.25) is 11.6 Å². The molecule has 3 heteroatoms. The predicted molar refractivity (Wildman–Crippen MR) is 142 cm³/mol. The van der Waals surface area contributed by atoms with Crippen molar-refractivity contribution in [2.75, 3.05) is 7.05 Å². The molecule has 0 fully saturated rings. The van der Waals surface area contributed by atoms with Gasteiger partial charge in [0, 0.05) is 0 Å². The van der Waals surface area contributed by atoms with Crippen LogP contribution >= 0.6 is 0 Å². The van der Waals surface area contributed by atoms with Gasteiger partial charge in [-0.25, -0.2) is 0 Å². The summed E-state index contributed by atoms with van der Waals surface area (Å²) < 4.78 is 2.72. The Morgan fingerprint density at radius 2 is 0.875 bits per heavy atom. The molecule has 0 bridgehead atoms. The van der Waals surface area contributed by atoms with Crippen molar-refractivity contribution in [3.05, 3.63) is 108 Å². The van der Waals surface area contributed by atoms with Crippen LogP contribution in [0.25, 0.3) is 22.3 Å². The van der Waals surface area contributed by atoms with E-state index in [2.05, 4.69) is 126 Å². The van der Waals surface area contributed by atoms with Gasteiger partial charge in [0.1, 0.15) is 0 Å². The summed E-state index contributed by atoms with van der Waals surface area (Å²) in [5, 5.41) is 0. The van der Waals surface area contributed by atoms with Gasteiger partial charge in [-0.15, -0.1) is 0 Å². The maximum atomic E-state index is 4.50. The third-order valence-corrected chi connectivity index (χ3v) is 8.21. The minimum atomic E-state index is 0.392. The molecule has 0 saturated heterocycles. The second kappa shape index (κ2) is 12.5. The Bertz CT molecular complexity index is 1110. The molecule has 4 rings (SSSR count). The van der Waals surface area contributed by atoms with E-state index >= 15 is 0 Å². The number of hydrogen-bond donors (Lipinski definition) is 1. The Hall–Kier alpha value is -2.56. The molecular weight excluding hydrogens is 520 g/mol. The first kappa shape index (κ1) is 24.1. The van der Waals surface area contributed by atoms with Gasteiger partial charge in [0.05, 0.1) is 0 Å². The molecule has 0 atom stereocenters. The Morgan fingerprint density at radius 3 is 1.22 bits per heavy atom. The van der Waals surface area contributed by atoms with E-state index in [0.717, 1.165) is 11.1 Å². The van der Waals surface area contributed by atoms with Crippen LogP contribution in [0.15, 0.2) is 97.1 Å². The molecule has 32 heavy (non-hydrogen) atoms. The summed E-state index contributed by atoms with van der Waals surface area (Å²) in [4.78, 5) is 0. The Kier molecular flexibility index (Phi) is 9.39. The van der Waals surface area contributed by atoms with Crippen molar-refractivity contribution < 1.29 is 0 Å². The molecule has 0 saturated carbocycles. The molecule has 0 aliphatic rings. The summed E-state index contributed by atoms with van der Waals surface area (Å²) in [7, 11) is 1.50. The normalized spacial score (nSPS) is 9.88. The first-order chi connectivity index (χ1) is 15.8. The summed E-state index contributed by atoms with van der Waals surface area (Å²) in [6.07, 6.45) is 0. The molecule has 1 nitrogen and oxygen atoms in total. The van der Waals surface area contributed by atoms with Crippen molar-refractivity contribution in [3.63, 3.8) is 0 Å². The maximum absolute atomic E-state index is 4.50. The summed E-state index contributed by atoms with van der Waals surface area (Å²) in [6.45, 7) is 0. The molecule has 0 unspecified atom stereocenters. The SMILES string of the molecule is CN.C[Se]c1cc(-c2ccccc2)ccc1C#Cc1ccc(-c2ccccc2)cc1[Se]C. The van der Waals surface area contributed by atoms with Crippen LogP contribution in [-0.4, -0.2) is 37.0 Å². The quantitative estimate of drug-likeness (QED) is 0.290.